The Morgan fingerprint density at radius 2 is 1.90 bits per heavy atom. The molecule has 164 valence electrons. The third-order valence-electron chi connectivity index (χ3n) is 4.90. The number of rotatable bonds is 3. The molecule has 1 fully saturated rings. The summed E-state index contributed by atoms with van der Waals surface area (Å²) in [6, 6.07) is 6.34. The van der Waals surface area contributed by atoms with Crippen LogP contribution < -0.4 is 5.73 Å². The standard InChI is InChI=1S/C18H22N2OS.C5H11NO2/c1-13-3-4-14(2)16(11-13)12-17(21)20-8-5-15(6-9-20)18-19-7-10-22-18;1-5(2,3)8-4(6)7/h3-4,7,10-11,15H,5-6,8-9,12H2,1-2H3;1-3H3,(H2,6,7). The van der Waals surface area contributed by atoms with Crippen LogP contribution in [0.1, 0.15) is 61.2 Å². The second-order valence-electron chi connectivity index (χ2n) is 8.67. The Morgan fingerprint density at radius 1 is 1.23 bits per heavy atom. The maximum Gasteiger partial charge on any atom is 0.405 e. The number of hydrogen-bond acceptors (Lipinski definition) is 5. The molecule has 30 heavy (non-hydrogen) atoms. The third-order valence-corrected chi connectivity index (χ3v) is 5.84. The number of amides is 2. The summed E-state index contributed by atoms with van der Waals surface area (Å²) in [6.07, 6.45) is 3.74. The van der Waals surface area contributed by atoms with Gasteiger partial charge in [-0.05, 0) is 58.6 Å². The topological polar surface area (TPSA) is 85.5 Å². The van der Waals surface area contributed by atoms with Crippen molar-refractivity contribution < 1.29 is 14.3 Å². The number of nitrogens with two attached hydrogens (primary N) is 1. The van der Waals surface area contributed by atoms with Crippen molar-refractivity contribution in [1.82, 2.24) is 9.88 Å². The molecule has 1 aliphatic rings. The summed E-state index contributed by atoms with van der Waals surface area (Å²) in [5.74, 6) is 0.788. The van der Waals surface area contributed by atoms with Crippen molar-refractivity contribution in [3.05, 3.63) is 51.5 Å². The fraction of sp³-hybridized carbons (Fsp3) is 0.522. The second-order valence-corrected chi connectivity index (χ2v) is 9.59. The molecule has 6 nitrogen and oxygen atoms in total. The van der Waals surface area contributed by atoms with Gasteiger partial charge in [0, 0.05) is 30.6 Å². The first-order chi connectivity index (χ1) is 14.0. The van der Waals surface area contributed by atoms with E-state index in [-0.39, 0.29) is 5.91 Å². The van der Waals surface area contributed by atoms with Gasteiger partial charge in [0.15, 0.2) is 0 Å². The minimum Gasteiger partial charge on any atom is -0.444 e. The van der Waals surface area contributed by atoms with Crippen LogP contribution in [0, 0.1) is 13.8 Å². The fourth-order valence-electron chi connectivity index (χ4n) is 3.38. The van der Waals surface area contributed by atoms with Gasteiger partial charge in [0.25, 0.3) is 0 Å². The van der Waals surface area contributed by atoms with E-state index in [0.29, 0.717) is 12.3 Å². The number of piperidine rings is 1. The van der Waals surface area contributed by atoms with E-state index >= 15 is 0 Å². The van der Waals surface area contributed by atoms with Crippen LogP contribution in [0.2, 0.25) is 0 Å². The number of aryl methyl sites for hydroxylation is 2. The van der Waals surface area contributed by atoms with Crippen LogP contribution in [0.3, 0.4) is 0 Å². The van der Waals surface area contributed by atoms with Crippen LogP contribution >= 0.6 is 11.3 Å². The van der Waals surface area contributed by atoms with Gasteiger partial charge in [0.05, 0.1) is 11.4 Å². The van der Waals surface area contributed by atoms with Gasteiger partial charge >= 0.3 is 6.09 Å². The maximum atomic E-state index is 12.5. The number of carbonyl (C=O) groups is 2. The molecular weight excluding hydrogens is 398 g/mol. The SMILES string of the molecule is CC(C)(C)OC(N)=O.Cc1ccc(C)c(CC(=O)N2CCC(c3nccs3)CC2)c1. The number of primary amides is 1. The first kappa shape index (κ1) is 23.9. The molecule has 2 N–H and O–H groups in total. The van der Waals surface area contributed by atoms with Crippen molar-refractivity contribution >= 4 is 23.3 Å². The summed E-state index contributed by atoms with van der Waals surface area (Å²) in [6.45, 7) is 11.2. The number of ether oxygens (including phenoxy) is 1. The zero-order valence-electron chi connectivity index (χ0n) is 18.6. The molecule has 2 amide bonds. The second kappa shape index (κ2) is 10.6. The smallest absolute Gasteiger partial charge is 0.405 e. The van der Waals surface area contributed by atoms with Gasteiger partial charge in [-0.15, -0.1) is 11.3 Å². The Bertz CT molecular complexity index is 836. The average molecular weight is 432 g/mol. The van der Waals surface area contributed by atoms with E-state index < -0.39 is 11.7 Å². The summed E-state index contributed by atoms with van der Waals surface area (Å²) in [5.41, 5.74) is 7.85. The molecule has 0 spiro atoms. The fourth-order valence-corrected chi connectivity index (χ4v) is 4.19. The van der Waals surface area contributed by atoms with Crippen molar-refractivity contribution in [2.45, 2.75) is 65.4 Å². The molecule has 7 heteroatoms. The summed E-state index contributed by atoms with van der Waals surface area (Å²) in [5, 5.41) is 3.26. The molecular formula is C23H33N3O3S. The average Bonchev–Trinajstić information content (AvgIpc) is 3.18. The third kappa shape index (κ3) is 7.78. The molecule has 0 unspecified atom stereocenters. The predicted molar refractivity (Wildman–Crippen MR) is 121 cm³/mol. The van der Waals surface area contributed by atoms with E-state index in [1.54, 1.807) is 32.1 Å². The van der Waals surface area contributed by atoms with Crippen LogP contribution in [0.25, 0.3) is 0 Å². The van der Waals surface area contributed by atoms with E-state index in [4.69, 9.17) is 5.73 Å². The summed E-state index contributed by atoms with van der Waals surface area (Å²) in [4.78, 5) is 29.0. The lowest BCUT2D eigenvalue weighted by Gasteiger charge is -2.31. The zero-order chi connectivity index (χ0) is 22.3. The Balaban J connectivity index is 0.000000343. The lowest BCUT2D eigenvalue weighted by Crippen LogP contribution is -2.38. The first-order valence-corrected chi connectivity index (χ1v) is 11.1. The van der Waals surface area contributed by atoms with Gasteiger partial charge in [-0.1, -0.05) is 23.8 Å². The lowest BCUT2D eigenvalue weighted by molar-refractivity contribution is -0.131. The minimum atomic E-state index is -0.725. The number of aromatic nitrogens is 1. The molecule has 3 rings (SSSR count). The summed E-state index contributed by atoms with van der Waals surface area (Å²) < 4.78 is 4.58. The predicted octanol–water partition coefficient (Wildman–Crippen LogP) is 4.59. The van der Waals surface area contributed by atoms with Crippen molar-refractivity contribution in [2.24, 2.45) is 5.73 Å². The van der Waals surface area contributed by atoms with Crippen LogP contribution in [-0.2, 0) is 16.0 Å². The Kier molecular flexibility index (Phi) is 8.41. The van der Waals surface area contributed by atoms with Crippen molar-refractivity contribution in [3.8, 4) is 0 Å². The number of likely N-dealkylation sites (tertiary alicyclic amines) is 1. The quantitative estimate of drug-likeness (QED) is 0.770. The maximum absolute atomic E-state index is 12.5. The van der Waals surface area contributed by atoms with E-state index in [0.717, 1.165) is 31.5 Å². The number of carbonyl (C=O) groups excluding carboxylic acids is 2. The molecule has 0 aliphatic carbocycles. The first-order valence-electron chi connectivity index (χ1n) is 10.3. The molecule has 1 saturated heterocycles. The number of hydrogen-bond donors (Lipinski definition) is 1. The Hall–Kier alpha value is -2.41. The highest BCUT2D eigenvalue weighted by Gasteiger charge is 2.25. The Labute approximate surface area is 183 Å². The van der Waals surface area contributed by atoms with Crippen LogP contribution in [0.15, 0.2) is 29.8 Å². The van der Waals surface area contributed by atoms with Gasteiger partial charge in [0.1, 0.15) is 5.60 Å². The van der Waals surface area contributed by atoms with E-state index in [9.17, 15) is 9.59 Å². The van der Waals surface area contributed by atoms with E-state index in [1.807, 2.05) is 16.5 Å². The van der Waals surface area contributed by atoms with E-state index in [2.05, 4.69) is 41.8 Å². The Morgan fingerprint density at radius 3 is 2.40 bits per heavy atom. The van der Waals surface area contributed by atoms with Crippen molar-refractivity contribution in [3.63, 3.8) is 0 Å². The highest BCUT2D eigenvalue weighted by Crippen LogP contribution is 2.29. The molecule has 1 aromatic carbocycles. The molecule has 1 aliphatic heterocycles. The molecule has 1 aromatic heterocycles. The molecule has 0 saturated carbocycles. The van der Waals surface area contributed by atoms with Crippen LogP contribution in [0.4, 0.5) is 4.79 Å². The van der Waals surface area contributed by atoms with Crippen molar-refractivity contribution in [2.75, 3.05) is 13.1 Å². The highest BCUT2D eigenvalue weighted by atomic mass is 32.1. The minimum absolute atomic E-state index is 0.256. The lowest BCUT2D eigenvalue weighted by atomic mass is 9.96. The summed E-state index contributed by atoms with van der Waals surface area (Å²) >= 11 is 1.73. The van der Waals surface area contributed by atoms with Gasteiger partial charge in [-0.2, -0.15) is 0 Å². The number of nitrogens with zero attached hydrogens (tertiary/aromatic N) is 2. The molecule has 0 atom stereocenters. The van der Waals surface area contributed by atoms with Gasteiger partial charge in [-0.3, -0.25) is 4.79 Å². The van der Waals surface area contributed by atoms with Crippen molar-refractivity contribution in [1.29, 1.82) is 0 Å². The van der Waals surface area contributed by atoms with Gasteiger partial charge in [-0.25, -0.2) is 9.78 Å². The van der Waals surface area contributed by atoms with Crippen LogP contribution in [-0.4, -0.2) is 40.6 Å². The zero-order valence-corrected chi connectivity index (χ0v) is 19.4. The molecule has 2 heterocycles. The largest absolute Gasteiger partial charge is 0.444 e. The summed E-state index contributed by atoms with van der Waals surface area (Å²) in [7, 11) is 0. The van der Waals surface area contributed by atoms with Crippen LogP contribution in [0.5, 0.6) is 0 Å². The normalized spacial score (nSPS) is 14.6. The molecule has 0 bridgehead atoms. The number of thiazole rings is 1. The van der Waals surface area contributed by atoms with Gasteiger partial charge in [0.2, 0.25) is 5.91 Å². The molecule has 0 radical (unpaired) electrons. The van der Waals surface area contributed by atoms with E-state index in [1.165, 1.54) is 16.1 Å². The number of benzene rings is 1. The molecule has 2 aromatic rings. The van der Waals surface area contributed by atoms with Gasteiger partial charge < -0.3 is 15.4 Å². The monoisotopic (exact) mass is 431 g/mol. The highest BCUT2D eigenvalue weighted by molar-refractivity contribution is 7.09.